The fraction of sp³-hybridized carbons (Fsp3) is 0.333. The SMILES string of the molecule is O=C(O)COc1ccc(SCCCC(=O)c2ccc(Cl)cc2)c2c1CCC2. The number of halogens is 1. The van der Waals surface area contributed by atoms with E-state index in [1.807, 2.05) is 12.1 Å². The molecule has 0 fully saturated rings. The molecule has 0 unspecified atom stereocenters. The Morgan fingerprint density at radius 2 is 1.81 bits per heavy atom. The van der Waals surface area contributed by atoms with Crippen LogP contribution in [0.2, 0.25) is 5.02 Å². The van der Waals surface area contributed by atoms with Gasteiger partial charge in [-0.05, 0) is 79.0 Å². The normalized spacial score (nSPS) is 12.6. The zero-order valence-electron chi connectivity index (χ0n) is 14.9. The fourth-order valence-electron chi connectivity index (χ4n) is 3.25. The zero-order valence-corrected chi connectivity index (χ0v) is 16.4. The monoisotopic (exact) mass is 404 g/mol. The second-order valence-electron chi connectivity index (χ2n) is 6.44. The maximum atomic E-state index is 12.2. The molecule has 0 aromatic heterocycles. The van der Waals surface area contributed by atoms with E-state index in [0.29, 0.717) is 22.8 Å². The number of carboxylic acid groups (broad SMARTS) is 1. The van der Waals surface area contributed by atoms with Gasteiger partial charge in [0.1, 0.15) is 5.75 Å². The number of ketones is 1. The third-order valence-electron chi connectivity index (χ3n) is 4.52. The topological polar surface area (TPSA) is 63.6 Å². The van der Waals surface area contributed by atoms with Gasteiger partial charge in [-0.15, -0.1) is 11.8 Å². The summed E-state index contributed by atoms with van der Waals surface area (Å²) in [6.45, 7) is -0.314. The van der Waals surface area contributed by atoms with Crippen LogP contribution in [0.25, 0.3) is 0 Å². The largest absolute Gasteiger partial charge is 0.482 e. The Hall–Kier alpha value is -1.98. The molecule has 0 atom stereocenters. The van der Waals surface area contributed by atoms with Gasteiger partial charge in [0.25, 0.3) is 0 Å². The van der Waals surface area contributed by atoms with Crippen molar-refractivity contribution in [1.29, 1.82) is 0 Å². The average Bonchev–Trinajstić information content (AvgIpc) is 3.14. The number of hydrogen-bond acceptors (Lipinski definition) is 4. The fourth-order valence-corrected chi connectivity index (χ4v) is 4.44. The molecule has 0 saturated carbocycles. The molecule has 0 amide bonds. The van der Waals surface area contributed by atoms with Crippen molar-refractivity contribution in [3.8, 4) is 5.75 Å². The van der Waals surface area contributed by atoms with Gasteiger partial charge in [0.2, 0.25) is 0 Å². The van der Waals surface area contributed by atoms with Crippen LogP contribution in [0.5, 0.6) is 5.75 Å². The first-order chi connectivity index (χ1) is 13.0. The first kappa shape index (κ1) is 19.8. The van der Waals surface area contributed by atoms with Gasteiger partial charge in [0.05, 0.1) is 0 Å². The van der Waals surface area contributed by atoms with E-state index in [1.165, 1.54) is 10.5 Å². The molecule has 4 nitrogen and oxygen atoms in total. The minimum Gasteiger partial charge on any atom is -0.482 e. The van der Waals surface area contributed by atoms with Crippen molar-refractivity contribution < 1.29 is 19.4 Å². The number of carbonyl (C=O) groups is 2. The number of thioether (sulfide) groups is 1. The van der Waals surface area contributed by atoms with Crippen molar-refractivity contribution in [3.05, 3.63) is 58.1 Å². The summed E-state index contributed by atoms with van der Waals surface area (Å²) in [5, 5.41) is 9.43. The molecule has 1 aliphatic carbocycles. The molecule has 2 aromatic carbocycles. The molecule has 0 bridgehead atoms. The molecule has 1 aliphatic rings. The van der Waals surface area contributed by atoms with Gasteiger partial charge < -0.3 is 9.84 Å². The van der Waals surface area contributed by atoms with Crippen LogP contribution in [0.15, 0.2) is 41.3 Å². The van der Waals surface area contributed by atoms with Crippen molar-refractivity contribution in [3.63, 3.8) is 0 Å². The Morgan fingerprint density at radius 1 is 1.07 bits per heavy atom. The highest BCUT2D eigenvalue weighted by Crippen LogP contribution is 2.38. The van der Waals surface area contributed by atoms with Crippen LogP contribution in [0.4, 0.5) is 0 Å². The number of hydrogen-bond donors (Lipinski definition) is 1. The Morgan fingerprint density at radius 3 is 2.56 bits per heavy atom. The summed E-state index contributed by atoms with van der Waals surface area (Å²) >= 11 is 7.60. The molecule has 6 heteroatoms. The van der Waals surface area contributed by atoms with E-state index in [-0.39, 0.29) is 12.4 Å². The maximum Gasteiger partial charge on any atom is 0.341 e. The van der Waals surface area contributed by atoms with Crippen molar-refractivity contribution in [2.45, 2.75) is 37.0 Å². The van der Waals surface area contributed by atoms with Crippen LogP contribution in [0, 0.1) is 0 Å². The Labute approximate surface area is 167 Å². The van der Waals surface area contributed by atoms with Gasteiger partial charge in [-0.2, -0.15) is 0 Å². The van der Waals surface area contributed by atoms with Gasteiger partial charge in [-0.1, -0.05) is 11.6 Å². The number of carbonyl (C=O) groups excluding carboxylic acids is 1. The van der Waals surface area contributed by atoms with E-state index in [1.54, 1.807) is 36.0 Å². The van der Waals surface area contributed by atoms with Crippen LogP contribution in [0.1, 0.15) is 40.7 Å². The van der Waals surface area contributed by atoms with Crippen LogP contribution in [-0.2, 0) is 17.6 Å². The van der Waals surface area contributed by atoms with E-state index in [9.17, 15) is 9.59 Å². The summed E-state index contributed by atoms with van der Waals surface area (Å²) in [5.41, 5.74) is 3.11. The smallest absolute Gasteiger partial charge is 0.341 e. The Kier molecular flexibility index (Phi) is 6.80. The van der Waals surface area contributed by atoms with Crippen LogP contribution < -0.4 is 4.74 Å². The molecule has 27 heavy (non-hydrogen) atoms. The lowest BCUT2D eigenvalue weighted by Crippen LogP contribution is -2.10. The number of rotatable bonds is 9. The van der Waals surface area contributed by atoms with E-state index in [4.69, 9.17) is 21.4 Å². The Balaban J connectivity index is 1.54. The van der Waals surface area contributed by atoms with E-state index in [0.717, 1.165) is 37.0 Å². The number of ether oxygens (including phenoxy) is 1. The first-order valence-electron chi connectivity index (χ1n) is 8.95. The highest BCUT2D eigenvalue weighted by Gasteiger charge is 2.20. The van der Waals surface area contributed by atoms with Gasteiger partial charge in [-0.25, -0.2) is 4.79 Å². The summed E-state index contributed by atoms with van der Waals surface area (Å²) in [4.78, 5) is 24.1. The molecule has 0 spiro atoms. The number of Topliss-reactive ketones (excluding diaryl/α,β-unsaturated/α-hetero) is 1. The zero-order chi connectivity index (χ0) is 19.2. The van der Waals surface area contributed by atoms with Crippen molar-refractivity contribution >= 4 is 35.1 Å². The highest BCUT2D eigenvalue weighted by atomic mass is 35.5. The standard InChI is InChI=1S/C21H21ClO4S/c22-15-8-6-14(7-9-15)18(23)5-2-12-27-20-11-10-19(26-13-21(24)25)16-3-1-4-17(16)20/h6-11H,1-5,12-13H2,(H,24,25). The minimum atomic E-state index is -0.967. The van der Waals surface area contributed by atoms with Crippen molar-refractivity contribution in [2.75, 3.05) is 12.4 Å². The molecule has 0 heterocycles. The minimum absolute atomic E-state index is 0.134. The predicted molar refractivity (Wildman–Crippen MR) is 107 cm³/mol. The molecular weight excluding hydrogens is 384 g/mol. The van der Waals surface area contributed by atoms with E-state index in [2.05, 4.69) is 0 Å². The molecule has 3 rings (SSSR count). The van der Waals surface area contributed by atoms with Crippen LogP contribution in [0.3, 0.4) is 0 Å². The van der Waals surface area contributed by atoms with Crippen LogP contribution >= 0.6 is 23.4 Å². The van der Waals surface area contributed by atoms with Gasteiger partial charge >= 0.3 is 5.97 Å². The third-order valence-corrected chi connectivity index (χ3v) is 5.96. The molecule has 0 radical (unpaired) electrons. The second kappa shape index (κ2) is 9.29. The summed E-state index contributed by atoms with van der Waals surface area (Å²) in [7, 11) is 0. The molecule has 1 N–H and O–H groups in total. The quantitative estimate of drug-likeness (QED) is 0.360. The Bertz CT molecular complexity index is 833. The van der Waals surface area contributed by atoms with E-state index < -0.39 is 5.97 Å². The van der Waals surface area contributed by atoms with Gasteiger partial charge in [-0.3, -0.25) is 4.79 Å². The molecule has 0 aliphatic heterocycles. The van der Waals surface area contributed by atoms with Crippen molar-refractivity contribution in [2.24, 2.45) is 0 Å². The first-order valence-corrected chi connectivity index (χ1v) is 10.3. The summed E-state index contributed by atoms with van der Waals surface area (Å²) in [6.07, 6.45) is 4.29. The summed E-state index contributed by atoms with van der Waals surface area (Å²) in [6, 6.07) is 10.9. The lowest BCUT2D eigenvalue weighted by molar-refractivity contribution is -0.139. The average molecular weight is 405 g/mol. The maximum absolute atomic E-state index is 12.2. The lowest BCUT2D eigenvalue weighted by atomic mass is 10.1. The molecule has 2 aromatic rings. The predicted octanol–water partition coefficient (Wildman–Crippen LogP) is 5.05. The second-order valence-corrected chi connectivity index (χ2v) is 8.01. The summed E-state index contributed by atoms with van der Waals surface area (Å²) in [5.74, 6) is 0.716. The number of aliphatic carboxylic acids is 1. The van der Waals surface area contributed by atoms with Gasteiger partial charge in [0.15, 0.2) is 12.4 Å². The number of fused-ring (bicyclic) bond motifs is 1. The van der Waals surface area contributed by atoms with Gasteiger partial charge in [0, 0.05) is 21.9 Å². The van der Waals surface area contributed by atoms with Crippen molar-refractivity contribution in [1.82, 2.24) is 0 Å². The molecule has 0 saturated heterocycles. The lowest BCUT2D eigenvalue weighted by Gasteiger charge is -2.13. The molecular formula is C21H21ClO4S. The molecule has 142 valence electrons. The number of carboxylic acids is 1. The third kappa shape index (κ3) is 5.27. The van der Waals surface area contributed by atoms with Crippen LogP contribution in [-0.4, -0.2) is 29.2 Å². The van der Waals surface area contributed by atoms with E-state index >= 15 is 0 Å². The number of benzene rings is 2. The summed E-state index contributed by atoms with van der Waals surface area (Å²) < 4.78 is 5.42. The highest BCUT2D eigenvalue weighted by molar-refractivity contribution is 7.99.